The summed E-state index contributed by atoms with van der Waals surface area (Å²) >= 11 is 0. The Morgan fingerprint density at radius 1 is 0.750 bits per heavy atom. The first-order chi connectivity index (χ1) is 6.77. The summed E-state index contributed by atoms with van der Waals surface area (Å²) in [7, 11) is 0. The van der Waals surface area contributed by atoms with Crippen LogP contribution in [0.25, 0.3) is 0 Å². The van der Waals surface area contributed by atoms with Gasteiger partial charge in [0.05, 0.1) is 0 Å². The van der Waals surface area contributed by atoms with Crippen LogP contribution in [-0.2, 0) is 266 Å². The number of rotatable bonds is 2. The smallest absolute Gasteiger partial charge is 0.341 e. The van der Waals surface area contributed by atoms with Crippen molar-refractivity contribution < 1.29 is 266 Å². The predicted octanol–water partition coefficient (Wildman–Crippen LogP) is 4.81. The summed E-state index contributed by atoms with van der Waals surface area (Å²) in [5.41, 5.74) is 0. The largest absolute Gasteiger partial charge is 2.00 e. The summed E-state index contributed by atoms with van der Waals surface area (Å²) in [5, 5.41) is 0. The van der Waals surface area contributed by atoms with Crippen LogP contribution in [0.4, 0.5) is 0 Å². The molecule has 0 saturated heterocycles. The van der Waals surface area contributed by atoms with E-state index in [9.17, 15) is 0 Å². The Morgan fingerprint density at radius 2 is 0.917 bits per heavy atom. The van der Waals surface area contributed by atoms with Crippen molar-refractivity contribution >= 4 is 6.21 Å². The molecule has 0 aromatic rings. The van der Waals surface area contributed by atoms with Gasteiger partial charge in [-0.2, -0.15) is 19.8 Å². The van der Waals surface area contributed by atoms with Gasteiger partial charge in [-0.15, -0.1) is 0 Å². The van der Waals surface area contributed by atoms with Crippen LogP contribution >= 0.6 is 0 Å². The third-order valence-electron chi connectivity index (χ3n) is 0.682. The first-order valence-electron chi connectivity index (χ1n) is 5.88. The van der Waals surface area contributed by atoms with Crippen LogP contribution in [0.1, 0.15) is 55.4 Å². The Kier molecular flexibility index (Phi) is 223. The average molecular weight is 938 g/mol. The first-order valence-corrected chi connectivity index (χ1v) is 5.88. The Hall–Kier alpha value is 8.57. The van der Waals surface area contributed by atoms with Gasteiger partial charge < -0.3 is 13.3 Å². The van der Waals surface area contributed by atoms with Gasteiger partial charge in [0, 0.05) is 260 Å². The summed E-state index contributed by atoms with van der Waals surface area (Å²) in [6, 6.07) is 0.456. The number of hydrogen-bond donors (Lipinski definition) is 0. The van der Waals surface area contributed by atoms with Crippen LogP contribution in [0.2, 0.25) is 0 Å². The fourth-order valence-corrected chi connectivity index (χ4v) is 0.344. The maximum atomic E-state index is 4.20. The van der Waals surface area contributed by atoms with E-state index in [4.69, 9.17) is 0 Å². The molecule has 0 heterocycles. The van der Waals surface area contributed by atoms with Crippen LogP contribution in [0, 0.1) is 25.2 Å². The van der Waals surface area contributed by atoms with Gasteiger partial charge in [-0.1, -0.05) is 27.7 Å². The molecule has 0 saturated carbocycles. The van der Waals surface area contributed by atoms with Crippen molar-refractivity contribution in [2.75, 3.05) is 0 Å². The second kappa shape index (κ2) is 69.7. The summed E-state index contributed by atoms with van der Waals surface area (Å²) in [6.45, 7) is 20.2. The molecule has 0 aliphatic heterocycles. The van der Waals surface area contributed by atoms with Gasteiger partial charge in [-0.25, -0.2) is 0 Å². The molecular weight excluding hydrogens is 906 g/mol. The predicted molar refractivity (Wildman–Crippen MR) is 74.3 cm³/mol. The molecule has 0 aliphatic rings. The molecule has 0 aromatic carbocycles. The van der Waals surface area contributed by atoms with Gasteiger partial charge in [0.15, 0.2) is 0 Å². The molecule has 0 atom stereocenters. The zero-order valence-corrected chi connectivity index (χ0v) is 39.6. The monoisotopic (exact) mass is 937 g/mol. The standard InChI is InChI=1S/C7H15N.C4H9.C3H7.2V.7Y/c1-6(2)5-8-7(3)4;1-4(2)3;1-3-2;;;;;;;;;/h5-7H,1-4H3;4H,1H2,2-3H3;3H,1-2H3;;;;;;;;;/q;2*-1;;+2;;;;;;;. The van der Waals surface area contributed by atoms with E-state index in [2.05, 4.69) is 53.5 Å². The quantitative estimate of drug-likeness (QED) is 0.279. The zero-order chi connectivity index (χ0) is 12.9. The molecular formula is C14H31NV2Y7. The zero-order valence-electron chi connectivity index (χ0n) is 17.0. The molecule has 24 heavy (non-hydrogen) atoms. The molecule has 123 valence electrons. The molecule has 10 heteroatoms. The molecule has 1 nitrogen and oxygen atoms in total. The van der Waals surface area contributed by atoms with Crippen LogP contribution in [-0.4, -0.2) is 12.3 Å². The number of nitrogens with zero attached hydrogens (tertiary/aromatic N) is 1. The molecule has 0 rings (SSSR count). The second-order valence-electron chi connectivity index (χ2n) is 4.61. The summed E-state index contributed by atoms with van der Waals surface area (Å²) in [6.07, 6.45) is 3.99. The number of aliphatic imine (C=N–C) groups is 1. The van der Waals surface area contributed by atoms with Crippen molar-refractivity contribution in [1.29, 1.82) is 0 Å². The van der Waals surface area contributed by atoms with Crippen LogP contribution in [0.3, 0.4) is 0 Å². The third kappa shape index (κ3) is 145. The maximum absolute atomic E-state index is 4.20. The van der Waals surface area contributed by atoms with Crippen molar-refractivity contribution in [2.24, 2.45) is 16.8 Å². The van der Waals surface area contributed by atoms with Crippen LogP contribution in [0.15, 0.2) is 4.99 Å². The molecule has 0 amide bonds. The van der Waals surface area contributed by atoms with Crippen LogP contribution in [0.5, 0.6) is 0 Å². The molecule has 0 aromatic heterocycles. The molecule has 0 aliphatic carbocycles. The minimum Gasteiger partial charge on any atom is -0.341 e. The SMILES string of the molecule is CC(C)C=NC(C)C.C[CH-]C.[CH2-]C(C)C.[V+2].[V].[Y].[Y].[Y].[Y].[Y].[Y].[Y]. The van der Waals surface area contributed by atoms with E-state index >= 15 is 0 Å². The molecule has 0 spiro atoms. The van der Waals surface area contributed by atoms with Gasteiger partial charge in [0.1, 0.15) is 0 Å². The fraction of sp³-hybridized carbons (Fsp3) is 0.786. The first kappa shape index (κ1) is 76.7. The van der Waals surface area contributed by atoms with E-state index in [1.807, 2.05) is 26.5 Å². The topological polar surface area (TPSA) is 12.4 Å². The minimum atomic E-state index is 0. The second-order valence-corrected chi connectivity index (χ2v) is 4.61. The van der Waals surface area contributed by atoms with Crippen molar-refractivity contribution in [3.05, 3.63) is 13.3 Å². The van der Waals surface area contributed by atoms with Crippen molar-refractivity contribution in [1.82, 2.24) is 0 Å². The van der Waals surface area contributed by atoms with Gasteiger partial charge in [0.25, 0.3) is 0 Å². The Bertz CT molecular complexity index is 130. The third-order valence-corrected chi connectivity index (χ3v) is 0.682. The average Bonchev–Trinajstić information content (AvgIpc) is 2.01. The summed E-state index contributed by atoms with van der Waals surface area (Å²) < 4.78 is 0. The maximum Gasteiger partial charge on any atom is 2.00 e. The van der Waals surface area contributed by atoms with E-state index in [0.29, 0.717) is 17.9 Å². The van der Waals surface area contributed by atoms with Crippen molar-refractivity contribution in [3.8, 4) is 0 Å². The summed E-state index contributed by atoms with van der Waals surface area (Å²) in [5.74, 6) is 1.18. The van der Waals surface area contributed by atoms with E-state index in [1.165, 1.54) is 0 Å². The van der Waals surface area contributed by atoms with Crippen molar-refractivity contribution in [3.63, 3.8) is 0 Å². The Morgan fingerprint density at radius 3 is 0.958 bits per heavy atom. The molecule has 0 fully saturated rings. The van der Waals surface area contributed by atoms with E-state index in [1.54, 1.807) is 0 Å². The van der Waals surface area contributed by atoms with Gasteiger partial charge >= 0.3 is 18.6 Å². The molecule has 0 unspecified atom stereocenters. The Balaban J connectivity index is -0.00000000819. The summed E-state index contributed by atoms with van der Waals surface area (Å²) in [4.78, 5) is 4.20. The van der Waals surface area contributed by atoms with Gasteiger partial charge in [-0.3, -0.25) is 4.99 Å². The van der Waals surface area contributed by atoms with Crippen molar-refractivity contribution in [2.45, 2.75) is 61.4 Å². The minimum absolute atomic E-state index is 0. The normalized spacial score (nSPS) is 6.33. The van der Waals surface area contributed by atoms with E-state index in [-0.39, 0.29) is 266 Å². The Labute approximate surface area is 354 Å². The van der Waals surface area contributed by atoms with E-state index < -0.39 is 0 Å². The molecule has 9 radical (unpaired) electrons. The van der Waals surface area contributed by atoms with E-state index in [0.717, 1.165) is 0 Å². The molecule has 0 bridgehead atoms. The van der Waals surface area contributed by atoms with Crippen LogP contribution < -0.4 is 0 Å². The fourth-order valence-electron chi connectivity index (χ4n) is 0.344. The molecule has 0 N–H and O–H groups in total. The number of hydrogen-bond acceptors (Lipinski definition) is 1. The van der Waals surface area contributed by atoms with Gasteiger partial charge in [0.2, 0.25) is 0 Å². The van der Waals surface area contributed by atoms with Gasteiger partial charge in [-0.05, 0) is 19.8 Å².